The summed E-state index contributed by atoms with van der Waals surface area (Å²) < 4.78 is 0. The van der Waals surface area contributed by atoms with E-state index in [2.05, 4.69) is 36.8 Å². The van der Waals surface area contributed by atoms with Gasteiger partial charge in [-0.1, -0.05) is 20.8 Å². The van der Waals surface area contributed by atoms with E-state index in [9.17, 15) is 0 Å². The number of nitrogen functional groups attached to an aromatic ring is 1. The van der Waals surface area contributed by atoms with Gasteiger partial charge in [0.2, 0.25) is 0 Å². The fraction of sp³-hybridized carbons (Fsp3) is 0.385. The second kappa shape index (κ2) is 4.45. The van der Waals surface area contributed by atoms with Crippen LogP contribution < -0.4 is 5.73 Å². The van der Waals surface area contributed by atoms with Crippen LogP contribution in [0.15, 0.2) is 23.7 Å². The van der Waals surface area contributed by atoms with Gasteiger partial charge in [-0.05, 0) is 17.7 Å². The monoisotopic (exact) mass is 247 g/mol. The first-order valence-electron chi connectivity index (χ1n) is 5.60. The Bertz CT molecular complexity index is 511. The Kier molecular flexibility index (Phi) is 3.15. The lowest BCUT2D eigenvalue weighted by atomic mass is 9.90. The molecule has 2 heterocycles. The highest BCUT2D eigenvalue weighted by molar-refractivity contribution is 7.13. The van der Waals surface area contributed by atoms with E-state index >= 15 is 0 Å². The van der Waals surface area contributed by atoms with Crippen LogP contribution in [-0.4, -0.2) is 9.97 Å². The van der Waals surface area contributed by atoms with Gasteiger partial charge in [0, 0.05) is 29.1 Å². The summed E-state index contributed by atoms with van der Waals surface area (Å²) >= 11 is 1.48. The molecule has 0 saturated carbocycles. The van der Waals surface area contributed by atoms with Crippen molar-refractivity contribution < 1.29 is 0 Å². The Balaban J connectivity index is 2.22. The number of anilines is 1. The van der Waals surface area contributed by atoms with Gasteiger partial charge in [-0.3, -0.25) is 4.98 Å². The van der Waals surface area contributed by atoms with Crippen LogP contribution in [-0.2, 0) is 11.8 Å². The van der Waals surface area contributed by atoms with Crippen molar-refractivity contribution in [3.63, 3.8) is 0 Å². The molecule has 0 amide bonds. The molecular formula is C13H17N3S. The van der Waals surface area contributed by atoms with Crippen molar-refractivity contribution in [3.8, 4) is 0 Å². The molecule has 4 heteroatoms. The van der Waals surface area contributed by atoms with Crippen molar-refractivity contribution >= 4 is 16.5 Å². The molecule has 0 radical (unpaired) electrons. The van der Waals surface area contributed by atoms with E-state index in [0.29, 0.717) is 5.13 Å². The number of thiazole rings is 1. The lowest BCUT2D eigenvalue weighted by Crippen LogP contribution is -2.13. The van der Waals surface area contributed by atoms with Crippen molar-refractivity contribution in [1.82, 2.24) is 9.97 Å². The van der Waals surface area contributed by atoms with Crippen LogP contribution in [0, 0.1) is 0 Å². The van der Waals surface area contributed by atoms with Crippen molar-refractivity contribution in [2.75, 3.05) is 5.73 Å². The molecule has 2 aromatic rings. The first-order valence-corrected chi connectivity index (χ1v) is 6.48. The Morgan fingerprint density at radius 1 is 1.35 bits per heavy atom. The molecule has 0 aliphatic carbocycles. The fourth-order valence-electron chi connectivity index (χ4n) is 1.61. The van der Waals surface area contributed by atoms with E-state index < -0.39 is 0 Å². The highest BCUT2D eigenvalue weighted by Gasteiger charge is 2.15. The predicted molar refractivity (Wildman–Crippen MR) is 72.3 cm³/mol. The molecule has 0 bridgehead atoms. The number of nitrogens with zero attached hydrogens (tertiary/aromatic N) is 2. The maximum absolute atomic E-state index is 5.63. The molecule has 3 nitrogen and oxygen atoms in total. The van der Waals surface area contributed by atoms with E-state index in [-0.39, 0.29) is 5.41 Å². The van der Waals surface area contributed by atoms with Gasteiger partial charge >= 0.3 is 0 Å². The molecule has 2 N–H and O–H groups in total. The van der Waals surface area contributed by atoms with E-state index in [1.54, 1.807) is 0 Å². The molecule has 0 aliphatic rings. The van der Waals surface area contributed by atoms with Gasteiger partial charge in [0.05, 0.1) is 5.69 Å². The molecule has 90 valence electrons. The number of hydrogen-bond donors (Lipinski definition) is 1. The normalized spacial score (nSPS) is 11.7. The lowest BCUT2D eigenvalue weighted by Gasteiger charge is -2.18. The van der Waals surface area contributed by atoms with Gasteiger partial charge in [-0.25, -0.2) is 4.98 Å². The van der Waals surface area contributed by atoms with Crippen LogP contribution in [0.5, 0.6) is 0 Å². The summed E-state index contributed by atoms with van der Waals surface area (Å²) in [5.41, 5.74) is 9.07. The predicted octanol–water partition coefficient (Wildman–Crippen LogP) is 3.01. The van der Waals surface area contributed by atoms with Gasteiger partial charge in [0.15, 0.2) is 5.13 Å². The Labute approximate surface area is 106 Å². The summed E-state index contributed by atoms with van der Waals surface area (Å²) in [4.78, 5) is 8.69. The summed E-state index contributed by atoms with van der Waals surface area (Å²) in [5, 5.41) is 2.64. The third kappa shape index (κ3) is 3.03. The topological polar surface area (TPSA) is 51.8 Å². The van der Waals surface area contributed by atoms with Crippen molar-refractivity contribution in [2.45, 2.75) is 32.6 Å². The third-order valence-corrected chi connectivity index (χ3v) is 3.27. The molecule has 0 aliphatic heterocycles. The van der Waals surface area contributed by atoms with E-state index in [1.165, 1.54) is 16.9 Å². The zero-order valence-corrected chi connectivity index (χ0v) is 11.2. The Morgan fingerprint density at radius 3 is 2.71 bits per heavy atom. The molecule has 0 fully saturated rings. The molecule has 17 heavy (non-hydrogen) atoms. The highest BCUT2D eigenvalue weighted by Crippen LogP contribution is 2.22. The van der Waals surface area contributed by atoms with Crippen LogP contribution in [0.4, 0.5) is 5.13 Å². The van der Waals surface area contributed by atoms with Crippen LogP contribution in [0.3, 0.4) is 0 Å². The molecule has 0 saturated heterocycles. The quantitative estimate of drug-likeness (QED) is 0.887. The number of nitrogens with two attached hydrogens (primary N) is 1. The zero-order valence-electron chi connectivity index (χ0n) is 10.4. The largest absolute Gasteiger partial charge is 0.375 e. The maximum Gasteiger partial charge on any atom is 0.180 e. The number of pyridine rings is 1. The standard InChI is InChI=1S/C13H17N3S/c1-13(2,3)11-7-9(4-5-15-11)6-10-8-17-12(14)16-10/h4-5,7-8H,6H2,1-3H3,(H2,14,16). The molecule has 0 spiro atoms. The Hall–Kier alpha value is -1.42. The average molecular weight is 247 g/mol. The van der Waals surface area contributed by atoms with Crippen molar-refractivity contribution in [1.29, 1.82) is 0 Å². The molecular weight excluding hydrogens is 230 g/mol. The van der Waals surface area contributed by atoms with Crippen LogP contribution in [0.1, 0.15) is 37.7 Å². The number of rotatable bonds is 2. The summed E-state index contributed by atoms with van der Waals surface area (Å²) in [6.45, 7) is 6.50. The van der Waals surface area contributed by atoms with E-state index in [1.807, 2.05) is 17.6 Å². The second-order valence-corrected chi connectivity index (χ2v) is 6.04. The number of hydrogen-bond acceptors (Lipinski definition) is 4. The van der Waals surface area contributed by atoms with Gasteiger partial charge < -0.3 is 5.73 Å². The second-order valence-electron chi connectivity index (χ2n) is 5.15. The van der Waals surface area contributed by atoms with Crippen molar-refractivity contribution in [3.05, 3.63) is 40.7 Å². The molecule has 2 rings (SSSR count). The SMILES string of the molecule is CC(C)(C)c1cc(Cc2csc(N)n2)ccn1. The number of aromatic nitrogens is 2. The first-order chi connectivity index (χ1) is 7.95. The Morgan fingerprint density at radius 2 is 2.12 bits per heavy atom. The van der Waals surface area contributed by atoms with E-state index in [0.717, 1.165) is 17.8 Å². The van der Waals surface area contributed by atoms with Gasteiger partial charge in [0.1, 0.15) is 0 Å². The molecule has 2 aromatic heterocycles. The van der Waals surface area contributed by atoms with Crippen LogP contribution >= 0.6 is 11.3 Å². The van der Waals surface area contributed by atoms with Gasteiger partial charge in [-0.15, -0.1) is 11.3 Å². The summed E-state index contributed by atoms with van der Waals surface area (Å²) in [5.74, 6) is 0. The molecule has 0 unspecified atom stereocenters. The van der Waals surface area contributed by atoms with Gasteiger partial charge in [0.25, 0.3) is 0 Å². The summed E-state index contributed by atoms with van der Waals surface area (Å²) in [6, 6.07) is 4.18. The van der Waals surface area contributed by atoms with Crippen molar-refractivity contribution in [2.24, 2.45) is 0 Å². The third-order valence-electron chi connectivity index (χ3n) is 2.55. The first kappa shape index (κ1) is 12.0. The van der Waals surface area contributed by atoms with Crippen LogP contribution in [0.25, 0.3) is 0 Å². The average Bonchev–Trinajstić information content (AvgIpc) is 2.63. The zero-order chi connectivity index (χ0) is 12.5. The summed E-state index contributed by atoms with van der Waals surface area (Å²) in [7, 11) is 0. The maximum atomic E-state index is 5.63. The minimum Gasteiger partial charge on any atom is -0.375 e. The fourth-order valence-corrected chi connectivity index (χ4v) is 2.17. The van der Waals surface area contributed by atoms with E-state index in [4.69, 9.17) is 5.73 Å². The molecule has 0 aromatic carbocycles. The lowest BCUT2D eigenvalue weighted by molar-refractivity contribution is 0.568. The minimum absolute atomic E-state index is 0.0805. The molecule has 0 atom stereocenters. The van der Waals surface area contributed by atoms with Gasteiger partial charge in [-0.2, -0.15) is 0 Å². The van der Waals surface area contributed by atoms with Crippen LogP contribution in [0.2, 0.25) is 0 Å². The highest BCUT2D eigenvalue weighted by atomic mass is 32.1. The summed E-state index contributed by atoms with van der Waals surface area (Å²) in [6.07, 6.45) is 2.69. The minimum atomic E-state index is 0.0805. The smallest absolute Gasteiger partial charge is 0.180 e.